The molecule has 0 saturated heterocycles. The molecular weight excluding hydrogens is 409 g/mol. The summed E-state index contributed by atoms with van der Waals surface area (Å²) in [5.74, 6) is 0. The third-order valence-corrected chi connectivity index (χ3v) is 10.1. The van der Waals surface area contributed by atoms with Gasteiger partial charge < -0.3 is 0 Å². The average Bonchev–Trinajstić information content (AvgIpc) is 2.77. The normalized spacial score (nSPS) is 17.2. The summed E-state index contributed by atoms with van der Waals surface area (Å²) in [6, 6.07) is 10.2. The van der Waals surface area contributed by atoms with Gasteiger partial charge in [-0.1, -0.05) is 89.8 Å². The summed E-state index contributed by atoms with van der Waals surface area (Å²) in [4.78, 5) is 0. The Kier molecular flexibility index (Phi) is 12.5. The van der Waals surface area contributed by atoms with Crippen molar-refractivity contribution in [3.8, 4) is 0 Å². The van der Waals surface area contributed by atoms with E-state index in [-0.39, 0.29) is 0 Å². The van der Waals surface area contributed by atoms with Gasteiger partial charge in [0.05, 0.1) is 5.69 Å². The molecule has 0 aromatic heterocycles. The molecule has 1 saturated carbocycles. The molecule has 2 N–H and O–H groups in total. The minimum absolute atomic E-state index is 0.512. The lowest BCUT2D eigenvalue weighted by Crippen LogP contribution is -2.35. The van der Waals surface area contributed by atoms with Crippen molar-refractivity contribution in [2.75, 3.05) is 17.2 Å². The third-order valence-electron chi connectivity index (χ3n) is 5.98. The van der Waals surface area contributed by atoms with Crippen molar-refractivity contribution in [2.45, 2.75) is 103 Å². The highest BCUT2D eigenvalue weighted by Gasteiger charge is 2.36. The van der Waals surface area contributed by atoms with E-state index in [0.717, 1.165) is 31.6 Å². The second-order valence-electron chi connectivity index (χ2n) is 8.64. The highest BCUT2D eigenvalue weighted by atomic mass is 32.2. The van der Waals surface area contributed by atoms with Crippen molar-refractivity contribution < 1.29 is 4.57 Å². The highest BCUT2D eigenvalue weighted by Crippen LogP contribution is 2.54. The van der Waals surface area contributed by atoms with Gasteiger partial charge in [0, 0.05) is 18.3 Å². The summed E-state index contributed by atoms with van der Waals surface area (Å²) < 4.78 is 18.4. The maximum absolute atomic E-state index is 14.2. The molecule has 0 aliphatic heterocycles. The number of rotatable bonds is 15. The SMILES string of the molecule is CCCCCCN(CCCCCC)P(N)(=O)N(SC1CCCCC1)c1ccccc1. The van der Waals surface area contributed by atoms with Crippen molar-refractivity contribution in [2.24, 2.45) is 5.50 Å². The summed E-state index contributed by atoms with van der Waals surface area (Å²) in [5.41, 5.74) is 7.75. The van der Waals surface area contributed by atoms with E-state index in [4.69, 9.17) is 5.50 Å². The summed E-state index contributed by atoms with van der Waals surface area (Å²) in [6.45, 7) is 6.12. The second-order valence-corrected chi connectivity index (χ2v) is 12.3. The molecular formula is C24H44N3OPS. The molecule has 172 valence electrons. The molecule has 1 aliphatic carbocycles. The molecule has 1 fully saturated rings. The fourth-order valence-electron chi connectivity index (χ4n) is 4.12. The lowest BCUT2D eigenvalue weighted by Gasteiger charge is -2.39. The van der Waals surface area contributed by atoms with Gasteiger partial charge in [-0.15, -0.1) is 0 Å². The molecule has 1 aromatic carbocycles. The molecule has 0 spiro atoms. The van der Waals surface area contributed by atoms with Crippen LogP contribution in [0.25, 0.3) is 0 Å². The Bertz CT molecular complexity index is 598. The Balaban J connectivity index is 2.18. The van der Waals surface area contributed by atoms with Gasteiger partial charge in [0.1, 0.15) is 0 Å². The van der Waals surface area contributed by atoms with Crippen LogP contribution in [-0.2, 0) is 4.57 Å². The Morgan fingerprint density at radius 3 is 2.00 bits per heavy atom. The number of unbranched alkanes of at least 4 members (excludes halogenated alkanes) is 6. The van der Waals surface area contributed by atoms with Crippen LogP contribution in [-0.4, -0.2) is 23.0 Å². The van der Waals surface area contributed by atoms with Gasteiger partial charge in [0.25, 0.3) is 0 Å². The van der Waals surface area contributed by atoms with E-state index in [1.165, 1.54) is 70.6 Å². The lowest BCUT2D eigenvalue weighted by molar-refractivity contribution is 0.384. The van der Waals surface area contributed by atoms with Crippen LogP contribution in [0.15, 0.2) is 30.3 Å². The van der Waals surface area contributed by atoms with E-state index >= 15 is 0 Å². The molecule has 0 radical (unpaired) electrons. The van der Waals surface area contributed by atoms with Crippen LogP contribution in [0.1, 0.15) is 97.3 Å². The molecule has 6 heteroatoms. The van der Waals surface area contributed by atoms with E-state index in [0.29, 0.717) is 5.25 Å². The van der Waals surface area contributed by atoms with Gasteiger partial charge in [0.2, 0.25) is 0 Å². The zero-order chi connectivity index (χ0) is 21.7. The first kappa shape index (κ1) is 25.8. The molecule has 0 bridgehead atoms. The molecule has 1 aromatic rings. The first-order valence-corrected chi connectivity index (χ1v) is 14.8. The van der Waals surface area contributed by atoms with E-state index in [1.807, 2.05) is 22.3 Å². The third kappa shape index (κ3) is 8.57. The van der Waals surface area contributed by atoms with Gasteiger partial charge in [0.15, 0.2) is 0 Å². The maximum Gasteiger partial charge on any atom is 0.315 e. The van der Waals surface area contributed by atoms with Crippen molar-refractivity contribution in [1.29, 1.82) is 0 Å². The standard InChI is InChI=1S/C24H44N3OPS/c1-3-5-7-15-21-26(22-16-8-6-4-2)29(25,28)27(23-17-11-9-12-18-23)30-24-19-13-10-14-20-24/h9,11-12,17-18,24H,3-8,10,13-16,19-22H2,1-2H3,(H2,25,28). The van der Waals surface area contributed by atoms with E-state index in [2.05, 4.69) is 30.7 Å². The number of hydrogen-bond donors (Lipinski definition) is 1. The number of anilines is 1. The van der Waals surface area contributed by atoms with Crippen LogP contribution in [0.5, 0.6) is 0 Å². The topological polar surface area (TPSA) is 49.6 Å². The number of benzene rings is 1. The number of para-hydroxylation sites is 1. The quantitative estimate of drug-likeness (QED) is 0.166. The first-order valence-electron chi connectivity index (χ1n) is 12.3. The van der Waals surface area contributed by atoms with Crippen LogP contribution in [0.2, 0.25) is 0 Å². The van der Waals surface area contributed by atoms with Crippen molar-refractivity contribution in [1.82, 2.24) is 4.67 Å². The fraction of sp³-hybridized carbons (Fsp3) is 0.750. The molecule has 0 amide bonds. The molecule has 1 atom stereocenters. The van der Waals surface area contributed by atoms with Gasteiger partial charge in [-0.05, 0) is 49.8 Å². The molecule has 1 unspecified atom stereocenters. The Hall–Kier alpha value is -0.480. The average molecular weight is 454 g/mol. The predicted molar refractivity (Wildman–Crippen MR) is 135 cm³/mol. The van der Waals surface area contributed by atoms with E-state index in [1.54, 1.807) is 11.9 Å². The smallest absolute Gasteiger partial charge is 0.263 e. The zero-order valence-corrected chi connectivity index (χ0v) is 21.0. The van der Waals surface area contributed by atoms with E-state index < -0.39 is 7.59 Å². The largest absolute Gasteiger partial charge is 0.315 e. The first-order chi connectivity index (χ1) is 14.6. The van der Waals surface area contributed by atoms with Crippen LogP contribution in [0.3, 0.4) is 0 Å². The fourth-order valence-corrected chi connectivity index (χ4v) is 7.99. The van der Waals surface area contributed by atoms with Crippen molar-refractivity contribution in [3.63, 3.8) is 0 Å². The molecule has 0 heterocycles. The zero-order valence-electron chi connectivity index (χ0n) is 19.3. The lowest BCUT2D eigenvalue weighted by atomic mass is 10.0. The van der Waals surface area contributed by atoms with Crippen LogP contribution in [0.4, 0.5) is 5.69 Å². The number of nitrogens with two attached hydrogens (primary N) is 1. The van der Waals surface area contributed by atoms with E-state index in [9.17, 15) is 4.57 Å². The van der Waals surface area contributed by atoms with Crippen LogP contribution in [0, 0.1) is 0 Å². The highest BCUT2D eigenvalue weighted by molar-refractivity contribution is 8.07. The minimum atomic E-state index is -3.17. The second kappa shape index (κ2) is 14.6. The summed E-state index contributed by atoms with van der Waals surface area (Å²) in [7, 11) is -3.17. The van der Waals surface area contributed by atoms with Crippen LogP contribution < -0.4 is 9.58 Å². The minimum Gasteiger partial charge on any atom is -0.263 e. The molecule has 1 aliphatic rings. The summed E-state index contributed by atoms with van der Waals surface area (Å²) in [6.07, 6.45) is 15.7. The number of nitrogens with zero attached hydrogens (tertiary/aromatic N) is 2. The van der Waals surface area contributed by atoms with Crippen molar-refractivity contribution >= 4 is 25.2 Å². The number of hydrogen-bond acceptors (Lipinski definition) is 2. The molecule has 30 heavy (non-hydrogen) atoms. The molecule has 4 nitrogen and oxygen atoms in total. The molecule has 2 rings (SSSR count). The van der Waals surface area contributed by atoms with Gasteiger partial charge >= 0.3 is 7.59 Å². The summed E-state index contributed by atoms with van der Waals surface area (Å²) >= 11 is 1.75. The summed E-state index contributed by atoms with van der Waals surface area (Å²) in [5, 5.41) is 0.512. The predicted octanol–water partition coefficient (Wildman–Crippen LogP) is 8.00. The van der Waals surface area contributed by atoms with Crippen molar-refractivity contribution in [3.05, 3.63) is 30.3 Å². The monoisotopic (exact) mass is 453 g/mol. The van der Waals surface area contributed by atoms with Gasteiger partial charge in [-0.3, -0.25) is 10.1 Å². The van der Waals surface area contributed by atoms with Gasteiger partial charge in [-0.25, -0.2) is 8.75 Å². The van der Waals surface area contributed by atoms with Gasteiger partial charge in [-0.2, -0.15) is 0 Å². The Morgan fingerprint density at radius 2 is 1.47 bits per heavy atom. The van der Waals surface area contributed by atoms with Crippen LogP contribution >= 0.6 is 19.5 Å². The maximum atomic E-state index is 14.2. The Morgan fingerprint density at radius 1 is 0.900 bits per heavy atom. The Labute approximate surface area is 190 Å².